The van der Waals surface area contributed by atoms with Gasteiger partial charge in [0.25, 0.3) is 0 Å². The van der Waals surface area contributed by atoms with Crippen LogP contribution in [0.3, 0.4) is 0 Å². The van der Waals surface area contributed by atoms with Crippen LogP contribution in [0.5, 0.6) is 0 Å². The Bertz CT molecular complexity index is 464. The number of thiophene rings is 1. The monoisotopic (exact) mass is 252 g/mol. The van der Waals surface area contributed by atoms with Crippen LogP contribution in [0, 0.1) is 11.8 Å². The second-order valence-electron chi connectivity index (χ2n) is 2.94. The maximum absolute atomic E-state index is 11.4. The van der Waals surface area contributed by atoms with Crippen LogP contribution in [0.15, 0.2) is 12.1 Å². The molecule has 90 valence electrons. The van der Waals surface area contributed by atoms with E-state index in [9.17, 15) is 9.59 Å². The number of ether oxygens (including phenoxy) is 2. The molecule has 1 heterocycles. The highest BCUT2D eigenvalue weighted by molar-refractivity contribution is 7.14. The Morgan fingerprint density at radius 2 is 2.18 bits per heavy atom. The molecule has 0 N–H and O–H groups in total. The average Bonchev–Trinajstić information content (AvgIpc) is 2.78. The van der Waals surface area contributed by atoms with Gasteiger partial charge in [-0.05, 0) is 19.1 Å². The van der Waals surface area contributed by atoms with Crippen molar-refractivity contribution in [2.75, 3.05) is 13.7 Å². The smallest absolute Gasteiger partial charge is 0.348 e. The largest absolute Gasteiger partial charge is 0.468 e. The van der Waals surface area contributed by atoms with Gasteiger partial charge in [-0.2, -0.15) is 0 Å². The maximum atomic E-state index is 11.4. The molecule has 0 fully saturated rings. The van der Waals surface area contributed by atoms with Gasteiger partial charge in [0.05, 0.1) is 18.6 Å². The molecule has 0 aliphatic heterocycles. The number of carbonyl (C=O) groups is 2. The molecule has 4 nitrogen and oxygen atoms in total. The SMILES string of the molecule is CCOC(=O)c1ccc(C#CCC(=O)OC)s1. The molecule has 5 heteroatoms. The van der Waals surface area contributed by atoms with Gasteiger partial charge in [-0.25, -0.2) is 4.79 Å². The van der Waals surface area contributed by atoms with Crippen LogP contribution in [0.25, 0.3) is 0 Å². The Morgan fingerprint density at radius 1 is 1.41 bits per heavy atom. The fourth-order valence-corrected chi connectivity index (χ4v) is 1.77. The van der Waals surface area contributed by atoms with Gasteiger partial charge < -0.3 is 9.47 Å². The van der Waals surface area contributed by atoms with Crippen LogP contribution in [0.4, 0.5) is 0 Å². The van der Waals surface area contributed by atoms with Crippen LogP contribution in [0.1, 0.15) is 27.9 Å². The van der Waals surface area contributed by atoms with E-state index in [0.29, 0.717) is 11.5 Å². The summed E-state index contributed by atoms with van der Waals surface area (Å²) < 4.78 is 9.30. The number of esters is 2. The van der Waals surface area contributed by atoms with Gasteiger partial charge in [0.2, 0.25) is 0 Å². The fourth-order valence-electron chi connectivity index (χ4n) is 0.993. The summed E-state index contributed by atoms with van der Waals surface area (Å²) in [7, 11) is 1.31. The Morgan fingerprint density at radius 3 is 2.82 bits per heavy atom. The predicted molar refractivity (Wildman–Crippen MR) is 63.8 cm³/mol. The first kappa shape index (κ1) is 13.3. The second kappa shape index (κ2) is 6.71. The van der Waals surface area contributed by atoms with E-state index in [0.717, 1.165) is 4.88 Å². The number of methoxy groups -OCH3 is 1. The van der Waals surface area contributed by atoms with Crippen molar-refractivity contribution >= 4 is 23.3 Å². The molecule has 1 rings (SSSR count). The maximum Gasteiger partial charge on any atom is 0.348 e. The molecular weight excluding hydrogens is 240 g/mol. The first-order valence-electron chi connectivity index (χ1n) is 5.00. The van der Waals surface area contributed by atoms with Crippen molar-refractivity contribution in [1.29, 1.82) is 0 Å². The van der Waals surface area contributed by atoms with Gasteiger partial charge >= 0.3 is 11.9 Å². The summed E-state index contributed by atoms with van der Waals surface area (Å²) in [5.41, 5.74) is 0. The zero-order valence-corrected chi connectivity index (χ0v) is 10.4. The first-order valence-corrected chi connectivity index (χ1v) is 5.81. The molecule has 0 aromatic carbocycles. The lowest BCUT2D eigenvalue weighted by Gasteiger charge is -1.95. The zero-order valence-electron chi connectivity index (χ0n) is 9.61. The molecule has 0 saturated carbocycles. The zero-order chi connectivity index (χ0) is 12.7. The van der Waals surface area contributed by atoms with E-state index < -0.39 is 0 Å². The van der Waals surface area contributed by atoms with Gasteiger partial charge in [0.1, 0.15) is 11.3 Å². The third-order valence-electron chi connectivity index (χ3n) is 1.75. The summed E-state index contributed by atoms with van der Waals surface area (Å²) in [5.74, 6) is 4.73. The van der Waals surface area contributed by atoms with Crippen molar-refractivity contribution in [3.63, 3.8) is 0 Å². The minimum Gasteiger partial charge on any atom is -0.468 e. The van der Waals surface area contributed by atoms with Crippen LogP contribution in [-0.4, -0.2) is 25.7 Å². The number of carbonyl (C=O) groups excluding carboxylic acids is 2. The molecule has 0 spiro atoms. The number of rotatable bonds is 3. The fraction of sp³-hybridized carbons (Fsp3) is 0.333. The lowest BCUT2D eigenvalue weighted by molar-refractivity contribution is -0.139. The summed E-state index contributed by atoms with van der Waals surface area (Å²) in [5, 5.41) is 0. The lowest BCUT2D eigenvalue weighted by Crippen LogP contribution is -2.01. The van der Waals surface area contributed by atoms with E-state index in [4.69, 9.17) is 4.74 Å². The van der Waals surface area contributed by atoms with Crippen LogP contribution in [0.2, 0.25) is 0 Å². The molecular formula is C12H12O4S. The second-order valence-corrected chi connectivity index (χ2v) is 4.02. The summed E-state index contributed by atoms with van der Waals surface area (Å²) in [6.07, 6.45) is 0.0448. The van der Waals surface area contributed by atoms with Gasteiger partial charge in [-0.1, -0.05) is 11.8 Å². The summed E-state index contributed by atoms with van der Waals surface area (Å²) in [4.78, 5) is 23.4. The quantitative estimate of drug-likeness (QED) is 0.608. The van der Waals surface area contributed by atoms with E-state index in [2.05, 4.69) is 16.6 Å². The van der Waals surface area contributed by atoms with E-state index >= 15 is 0 Å². The lowest BCUT2D eigenvalue weighted by atomic mass is 10.4. The molecule has 0 amide bonds. The van der Waals surface area contributed by atoms with E-state index in [1.807, 2.05) is 0 Å². The van der Waals surface area contributed by atoms with Crippen molar-refractivity contribution in [1.82, 2.24) is 0 Å². The Kier molecular flexibility index (Phi) is 5.24. The summed E-state index contributed by atoms with van der Waals surface area (Å²) >= 11 is 1.24. The summed E-state index contributed by atoms with van der Waals surface area (Å²) in [6, 6.07) is 3.38. The molecule has 0 radical (unpaired) electrons. The van der Waals surface area contributed by atoms with E-state index in [1.165, 1.54) is 18.4 Å². The first-order chi connectivity index (χ1) is 8.17. The van der Waals surface area contributed by atoms with Crippen molar-refractivity contribution in [3.05, 3.63) is 21.9 Å². The number of hydrogen-bond donors (Lipinski definition) is 0. The molecule has 0 saturated heterocycles. The van der Waals surface area contributed by atoms with Gasteiger partial charge in [0.15, 0.2) is 0 Å². The highest BCUT2D eigenvalue weighted by atomic mass is 32.1. The molecule has 0 aliphatic carbocycles. The normalized spacial score (nSPS) is 9.06. The predicted octanol–water partition coefficient (Wildman–Crippen LogP) is 1.84. The third kappa shape index (κ3) is 4.29. The molecule has 0 atom stereocenters. The van der Waals surface area contributed by atoms with E-state index in [-0.39, 0.29) is 18.4 Å². The Balaban J connectivity index is 2.62. The molecule has 1 aromatic rings. The Labute approximate surface area is 104 Å². The molecule has 0 bridgehead atoms. The standard InChI is InChI=1S/C12H12O4S/c1-3-16-12(14)10-8-7-9(17-10)5-4-6-11(13)15-2/h7-8H,3,6H2,1-2H3. The molecule has 0 aliphatic rings. The van der Waals surface area contributed by atoms with Gasteiger partial charge in [-0.3, -0.25) is 4.79 Å². The van der Waals surface area contributed by atoms with Gasteiger partial charge in [-0.15, -0.1) is 11.3 Å². The minimum absolute atomic E-state index is 0.0448. The molecule has 17 heavy (non-hydrogen) atoms. The highest BCUT2D eigenvalue weighted by Gasteiger charge is 2.08. The third-order valence-corrected chi connectivity index (χ3v) is 2.74. The van der Waals surface area contributed by atoms with Crippen LogP contribution >= 0.6 is 11.3 Å². The van der Waals surface area contributed by atoms with E-state index in [1.54, 1.807) is 19.1 Å². The van der Waals surface area contributed by atoms with Gasteiger partial charge in [0, 0.05) is 0 Å². The highest BCUT2D eigenvalue weighted by Crippen LogP contribution is 2.16. The summed E-state index contributed by atoms with van der Waals surface area (Å²) in [6.45, 7) is 2.10. The molecule has 0 unspecified atom stereocenters. The van der Waals surface area contributed by atoms with Crippen molar-refractivity contribution in [2.45, 2.75) is 13.3 Å². The number of hydrogen-bond acceptors (Lipinski definition) is 5. The molecule has 1 aromatic heterocycles. The average molecular weight is 252 g/mol. The van der Waals surface area contributed by atoms with Crippen molar-refractivity contribution < 1.29 is 19.1 Å². The van der Waals surface area contributed by atoms with Crippen LogP contribution in [-0.2, 0) is 14.3 Å². The minimum atomic E-state index is -0.375. The Hall–Kier alpha value is -1.80. The van der Waals surface area contributed by atoms with Crippen molar-refractivity contribution in [3.8, 4) is 11.8 Å². The van der Waals surface area contributed by atoms with Crippen molar-refractivity contribution in [2.24, 2.45) is 0 Å². The topological polar surface area (TPSA) is 52.6 Å². The van der Waals surface area contributed by atoms with Crippen LogP contribution < -0.4 is 0 Å².